The molecule has 0 aromatic carbocycles. The van der Waals surface area contributed by atoms with E-state index in [1.807, 2.05) is 0 Å². The lowest BCUT2D eigenvalue weighted by molar-refractivity contribution is -0.0680. The molecule has 82 valence electrons. The summed E-state index contributed by atoms with van der Waals surface area (Å²) in [6.07, 6.45) is 1.04. The number of nitrogens with zero attached hydrogens (tertiary/aromatic N) is 2. The van der Waals surface area contributed by atoms with Crippen LogP contribution >= 0.6 is 0 Å². The largest absolute Gasteiger partial charge is 0.372 e. The van der Waals surface area contributed by atoms with E-state index in [4.69, 9.17) is 10.5 Å². The van der Waals surface area contributed by atoms with Gasteiger partial charge in [-0.2, -0.15) is 0 Å². The van der Waals surface area contributed by atoms with Gasteiger partial charge in [-0.25, -0.2) is 0 Å². The van der Waals surface area contributed by atoms with E-state index >= 15 is 0 Å². The molecule has 0 unspecified atom stereocenters. The highest BCUT2D eigenvalue weighted by Gasteiger charge is 2.27. The van der Waals surface area contributed by atoms with E-state index in [9.17, 15) is 0 Å². The zero-order valence-corrected chi connectivity index (χ0v) is 9.42. The molecule has 0 aliphatic carbocycles. The summed E-state index contributed by atoms with van der Waals surface area (Å²) in [5.41, 5.74) is 5.77. The maximum Gasteiger partial charge on any atom is 0.191 e. The lowest BCUT2D eigenvalue weighted by Gasteiger charge is -2.38. The molecule has 0 atom stereocenters. The first kappa shape index (κ1) is 11.3. The van der Waals surface area contributed by atoms with E-state index in [1.54, 1.807) is 0 Å². The number of hydrogen-bond acceptors (Lipinski definition) is 2. The molecule has 2 N–H and O–H groups in total. The second kappa shape index (κ2) is 4.64. The molecular weight excluding hydrogens is 178 g/mol. The van der Waals surface area contributed by atoms with Gasteiger partial charge in [-0.3, -0.25) is 4.99 Å². The minimum atomic E-state index is -0.107. The van der Waals surface area contributed by atoms with Gasteiger partial charge in [0, 0.05) is 19.6 Å². The highest BCUT2D eigenvalue weighted by Crippen LogP contribution is 2.15. The summed E-state index contributed by atoms with van der Waals surface area (Å²) in [6, 6.07) is 0. The predicted octanol–water partition coefficient (Wildman–Crippen LogP) is 0.822. The number of ether oxygens (including phenoxy) is 1. The first-order chi connectivity index (χ1) is 6.55. The number of aliphatic imine (C=N–C) groups is 1. The summed E-state index contributed by atoms with van der Waals surface area (Å²) < 4.78 is 5.60. The van der Waals surface area contributed by atoms with Gasteiger partial charge in [-0.05, 0) is 20.3 Å². The zero-order valence-electron chi connectivity index (χ0n) is 9.42. The molecule has 1 rings (SSSR count). The van der Waals surface area contributed by atoms with Gasteiger partial charge in [0.25, 0.3) is 0 Å². The molecule has 1 aliphatic heterocycles. The molecule has 1 aliphatic rings. The Labute approximate surface area is 86.1 Å². The molecule has 14 heavy (non-hydrogen) atoms. The van der Waals surface area contributed by atoms with Crippen LogP contribution in [-0.2, 0) is 4.74 Å². The predicted molar refractivity (Wildman–Crippen MR) is 58.4 cm³/mol. The fraction of sp³-hybridized carbons (Fsp3) is 0.900. The van der Waals surface area contributed by atoms with Crippen molar-refractivity contribution < 1.29 is 4.74 Å². The first-order valence-corrected chi connectivity index (χ1v) is 5.24. The molecule has 0 radical (unpaired) electrons. The maximum atomic E-state index is 5.88. The highest BCUT2D eigenvalue weighted by atomic mass is 16.5. The van der Waals surface area contributed by atoms with E-state index in [-0.39, 0.29) is 5.60 Å². The molecule has 1 fully saturated rings. The molecule has 4 heteroatoms. The van der Waals surface area contributed by atoms with Crippen molar-refractivity contribution in [2.75, 3.05) is 26.2 Å². The van der Waals surface area contributed by atoms with Gasteiger partial charge in [0.15, 0.2) is 5.96 Å². The summed E-state index contributed by atoms with van der Waals surface area (Å²) in [5, 5.41) is 0. The average molecular weight is 199 g/mol. The van der Waals surface area contributed by atoms with Gasteiger partial charge in [0.05, 0.1) is 12.2 Å². The first-order valence-electron chi connectivity index (χ1n) is 5.24. The molecular formula is C10H21N3O. The Balaban J connectivity index is 2.51. The van der Waals surface area contributed by atoms with Gasteiger partial charge in [0.2, 0.25) is 0 Å². The molecule has 0 amide bonds. The van der Waals surface area contributed by atoms with E-state index in [0.717, 1.165) is 32.7 Å². The number of guanidine groups is 1. The number of rotatable bonds is 2. The van der Waals surface area contributed by atoms with Gasteiger partial charge >= 0.3 is 0 Å². The van der Waals surface area contributed by atoms with Gasteiger partial charge < -0.3 is 15.4 Å². The molecule has 0 aromatic heterocycles. The molecule has 1 saturated heterocycles. The van der Waals surface area contributed by atoms with Crippen LogP contribution in [0.5, 0.6) is 0 Å². The van der Waals surface area contributed by atoms with Crippen LogP contribution in [0.15, 0.2) is 4.99 Å². The van der Waals surface area contributed by atoms with Gasteiger partial charge in [-0.1, -0.05) is 6.92 Å². The number of hydrogen-bond donors (Lipinski definition) is 1. The van der Waals surface area contributed by atoms with Crippen molar-refractivity contribution in [1.29, 1.82) is 0 Å². The summed E-state index contributed by atoms with van der Waals surface area (Å²) in [7, 11) is 0. The summed E-state index contributed by atoms with van der Waals surface area (Å²) in [5.74, 6) is 0.656. The normalized spacial score (nSPS) is 22.5. The molecule has 0 spiro atoms. The van der Waals surface area contributed by atoms with Crippen molar-refractivity contribution in [1.82, 2.24) is 4.90 Å². The third-order valence-electron chi connectivity index (χ3n) is 2.25. The SMILES string of the molecule is CCCN=C(N)N1CCOC(C)(C)C1. The topological polar surface area (TPSA) is 50.8 Å². The molecule has 1 heterocycles. The second-order valence-electron chi connectivity index (χ2n) is 4.27. The Hall–Kier alpha value is -0.770. The van der Waals surface area contributed by atoms with Crippen LogP contribution in [0.3, 0.4) is 0 Å². The third kappa shape index (κ3) is 3.18. The average Bonchev–Trinajstić information content (AvgIpc) is 2.12. The van der Waals surface area contributed by atoms with Gasteiger partial charge in [0.1, 0.15) is 0 Å². The number of nitrogens with two attached hydrogens (primary N) is 1. The van der Waals surface area contributed by atoms with E-state index in [2.05, 4.69) is 30.7 Å². The van der Waals surface area contributed by atoms with Crippen LogP contribution in [0, 0.1) is 0 Å². The molecule has 4 nitrogen and oxygen atoms in total. The van der Waals surface area contributed by atoms with Crippen LogP contribution in [0.1, 0.15) is 27.2 Å². The van der Waals surface area contributed by atoms with E-state index in [1.165, 1.54) is 0 Å². The van der Waals surface area contributed by atoms with Crippen LogP contribution in [0.25, 0.3) is 0 Å². The van der Waals surface area contributed by atoms with Crippen LogP contribution < -0.4 is 5.73 Å². The Kier molecular flexibility index (Phi) is 3.75. The van der Waals surface area contributed by atoms with E-state index < -0.39 is 0 Å². The van der Waals surface area contributed by atoms with Crippen LogP contribution in [-0.4, -0.2) is 42.7 Å². The Morgan fingerprint density at radius 2 is 2.29 bits per heavy atom. The maximum absolute atomic E-state index is 5.88. The Bertz CT molecular complexity index is 213. The van der Waals surface area contributed by atoms with Gasteiger partial charge in [-0.15, -0.1) is 0 Å². The number of morpholine rings is 1. The van der Waals surface area contributed by atoms with Crippen molar-refractivity contribution in [3.8, 4) is 0 Å². The van der Waals surface area contributed by atoms with Crippen molar-refractivity contribution in [2.45, 2.75) is 32.8 Å². The summed E-state index contributed by atoms with van der Waals surface area (Å²) >= 11 is 0. The van der Waals surface area contributed by atoms with Crippen molar-refractivity contribution in [3.63, 3.8) is 0 Å². The zero-order chi connectivity index (χ0) is 10.6. The van der Waals surface area contributed by atoms with Crippen molar-refractivity contribution in [3.05, 3.63) is 0 Å². The highest BCUT2D eigenvalue weighted by molar-refractivity contribution is 5.78. The third-order valence-corrected chi connectivity index (χ3v) is 2.25. The minimum Gasteiger partial charge on any atom is -0.372 e. The standard InChI is InChI=1S/C10H21N3O/c1-4-5-12-9(11)13-6-7-14-10(2,3)8-13/h4-8H2,1-3H3,(H2,11,12). The van der Waals surface area contributed by atoms with Crippen molar-refractivity contribution in [2.24, 2.45) is 10.7 Å². The second-order valence-corrected chi connectivity index (χ2v) is 4.27. The summed E-state index contributed by atoms with van der Waals surface area (Å²) in [4.78, 5) is 6.39. The van der Waals surface area contributed by atoms with Crippen LogP contribution in [0.2, 0.25) is 0 Å². The minimum absolute atomic E-state index is 0.107. The monoisotopic (exact) mass is 199 g/mol. The molecule has 0 aromatic rings. The fourth-order valence-corrected chi connectivity index (χ4v) is 1.54. The lowest BCUT2D eigenvalue weighted by Crippen LogP contribution is -2.52. The molecule has 0 bridgehead atoms. The summed E-state index contributed by atoms with van der Waals surface area (Å²) in [6.45, 7) is 9.46. The Morgan fingerprint density at radius 3 is 2.86 bits per heavy atom. The lowest BCUT2D eigenvalue weighted by atomic mass is 10.1. The molecule has 0 saturated carbocycles. The fourth-order valence-electron chi connectivity index (χ4n) is 1.54. The van der Waals surface area contributed by atoms with E-state index in [0.29, 0.717) is 5.96 Å². The Morgan fingerprint density at radius 1 is 1.57 bits per heavy atom. The van der Waals surface area contributed by atoms with Crippen LogP contribution in [0.4, 0.5) is 0 Å². The van der Waals surface area contributed by atoms with Crippen molar-refractivity contribution >= 4 is 5.96 Å². The smallest absolute Gasteiger partial charge is 0.191 e. The quantitative estimate of drug-likeness (QED) is 0.529.